The van der Waals surface area contributed by atoms with Crippen molar-refractivity contribution in [3.05, 3.63) is 17.0 Å². The summed E-state index contributed by atoms with van der Waals surface area (Å²) in [4.78, 5) is 0. The molecule has 0 unspecified atom stereocenters. The van der Waals surface area contributed by atoms with Gasteiger partial charge in [-0.3, -0.25) is 5.10 Å². The molecule has 1 aliphatic carbocycles. The first-order valence-corrected chi connectivity index (χ1v) is 8.68. The van der Waals surface area contributed by atoms with E-state index in [4.69, 9.17) is 0 Å². The molecule has 1 aliphatic heterocycles. The maximum atomic E-state index is 4.44. The van der Waals surface area contributed by atoms with Gasteiger partial charge in [0.15, 0.2) is 0 Å². The summed E-state index contributed by atoms with van der Waals surface area (Å²) in [7, 11) is 0. The highest BCUT2D eigenvalue weighted by molar-refractivity contribution is 8.03. The Morgan fingerprint density at radius 2 is 2.06 bits per heavy atom. The van der Waals surface area contributed by atoms with Crippen molar-refractivity contribution in [1.82, 2.24) is 15.5 Å². The fourth-order valence-corrected chi connectivity index (χ4v) is 4.98. The average Bonchev–Trinajstić information content (AvgIpc) is 2.84. The maximum Gasteiger partial charge on any atom is 0.0794 e. The Hall–Kier alpha value is -0.130. The van der Waals surface area contributed by atoms with Gasteiger partial charge in [-0.1, -0.05) is 0 Å². The number of fused-ring (bicyclic) bond motifs is 1. The number of H-pyrrole nitrogens is 1. The molecule has 2 heterocycles. The standard InChI is InChI=1S/C12H19N3S2/c1-2-10-11(3-1)14-15-12(10)6-13-9-7-16-4-5-17-8-9/h9,13H,1-8H2,(H,14,15). The summed E-state index contributed by atoms with van der Waals surface area (Å²) < 4.78 is 0. The van der Waals surface area contributed by atoms with E-state index in [0.717, 1.165) is 6.54 Å². The van der Waals surface area contributed by atoms with Gasteiger partial charge in [0, 0.05) is 41.3 Å². The molecule has 94 valence electrons. The van der Waals surface area contributed by atoms with Crippen LogP contribution in [-0.4, -0.2) is 39.3 Å². The van der Waals surface area contributed by atoms with Crippen LogP contribution in [0.1, 0.15) is 23.4 Å². The van der Waals surface area contributed by atoms with Crippen molar-refractivity contribution >= 4 is 23.5 Å². The van der Waals surface area contributed by atoms with E-state index in [-0.39, 0.29) is 0 Å². The molecule has 0 radical (unpaired) electrons. The van der Waals surface area contributed by atoms with Crippen LogP contribution in [0.2, 0.25) is 0 Å². The van der Waals surface area contributed by atoms with Gasteiger partial charge in [0.2, 0.25) is 0 Å². The first-order valence-electron chi connectivity index (χ1n) is 6.37. The molecule has 0 bridgehead atoms. The van der Waals surface area contributed by atoms with Crippen LogP contribution in [0.25, 0.3) is 0 Å². The van der Waals surface area contributed by atoms with Crippen molar-refractivity contribution in [2.45, 2.75) is 31.8 Å². The smallest absolute Gasteiger partial charge is 0.0794 e. The number of aromatic nitrogens is 2. The summed E-state index contributed by atoms with van der Waals surface area (Å²) in [6.07, 6.45) is 3.71. The number of hydrogen-bond acceptors (Lipinski definition) is 4. The summed E-state index contributed by atoms with van der Waals surface area (Å²) in [5.41, 5.74) is 4.13. The second-order valence-corrected chi connectivity index (χ2v) is 7.01. The van der Waals surface area contributed by atoms with Gasteiger partial charge < -0.3 is 5.32 Å². The molecule has 2 aliphatic rings. The second-order valence-electron chi connectivity index (χ2n) is 4.71. The van der Waals surface area contributed by atoms with E-state index >= 15 is 0 Å². The molecular weight excluding hydrogens is 250 g/mol. The Labute approximate surface area is 111 Å². The highest BCUT2D eigenvalue weighted by Crippen LogP contribution is 2.23. The van der Waals surface area contributed by atoms with Crippen LogP contribution in [0.5, 0.6) is 0 Å². The molecule has 1 fully saturated rings. The molecular formula is C12H19N3S2. The van der Waals surface area contributed by atoms with Gasteiger partial charge in [-0.25, -0.2) is 0 Å². The first kappa shape index (κ1) is 11.9. The topological polar surface area (TPSA) is 40.7 Å². The first-order chi connectivity index (χ1) is 8.43. The number of nitrogens with zero attached hydrogens (tertiary/aromatic N) is 1. The van der Waals surface area contributed by atoms with Crippen molar-refractivity contribution in [3.63, 3.8) is 0 Å². The Bertz CT molecular complexity index is 370. The van der Waals surface area contributed by atoms with Crippen LogP contribution in [-0.2, 0) is 19.4 Å². The van der Waals surface area contributed by atoms with E-state index < -0.39 is 0 Å². The van der Waals surface area contributed by atoms with Gasteiger partial charge >= 0.3 is 0 Å². The molecule has 0 spiro atoms. The minimum Gasteiger partial charge on any atom is -0.307 e. The van der Waals surface area contributed by atoms with E-state index in [2.05, 4.69) is 39.0 Å². The molecule has 0 aromatic carbocycles. The molecule has 1 aromatic heterocycles. The van der Waals surface area contributed by atoms with Gasteiger partial charge in [-0.05, 0) is 24.8 Å². The lowest BCUT2D eigenvalue weighted by Crippen LogP contribution is -2.33. The lowest BCUT2D eigenvalue weighted by atomic mass is 10.2. The number of nitrogens with one attached hydrogen (secondary N) is 2. The fraction of sp³-hybridized carbons (Fsp3) is 0.750. The predicted octanol–water partition coefficient (Wildman–Crippen LogP) is 1.84. The monoisotopic (exact) mass is 269 g/mol. The number of hydrogen-bond donors (Lipinski definition) is 2. The quantitative estimate of drug-likeness (QED) is 0.878. The largest absolute Gasteiger partial charge is 0.307 e. The third-order valence-corrected chi connectivity index (χ3v) is 5.98. The average molecular weight is 269 g/mol. The summed E-state index contributed by atoms with van der Waals surface area (Å²) >= 11 is 4.15. The Morgan fingerprint density at radius 3 is 2.88 bits per heavy atom. The van der Waals surface area contributed by atoms with Crippen LogP contribution in [0.4, 0.5) is 0 Å². The maximum absolute atomic E-state index is 4.44. The third-order valence-electron chi connectivity index (χ3n) is 3.46. The Morgan fingerprint density at radius 1 is 1.24 bits per heavy atom. The molecule has 3 rings (SSSR count). The SMILES string of the molecule is C1Cc2[nH]nc(CNC3CSCCSC3)c2C1. The van der Waals surface area contributed by atoms with Crippen molar-refractivity contribution < 1.29 is 0 Å². The lowest BCUT2D eigenvalue weighted by Gasteiger charge is -2.14. The zero-order chi connectivity index (χ0) is 11.5. The van der Waals surface area contributed by atoms with Crippen LogP contribution < -0.4 is 5.32 Å². The zero-order valence-corrected chi connectivity index (χ0v) is 11.6. The highest BCUT2D eigenvalue weighted by Gasteiger charge is 2.19. The van der Waals surface area contributed by atoms with Crippen molar-refractivity contribution in [2.24, 2.45) is 0 Å². The summed E-state index contributed by atoms with van der Waals surface area (Å²) in [6.45, 7) is 0.942. The van der Waals surface area contributed by atoms with Crippen molar-refractivity contribution in [3.8, 4) is 0 Å². The van der Waals surface area contributed by atoms with E-state index in [1.807, 2.05) is 0 Å². The van der Waals surface area contributed by atoms with Crippen LogP contribution in [0.15, 0.2) is 0 Å². The van der Waals surface area contributed by atoms with Gasteiger partial charge in [-0.15, -0.1) is 0 Å². The zero-order valence-electron chi connectivity index (χ0n) is 10.00. The van der Waals surface area contributed by atoms with Crippen molar-refractivity contribution in [2.75, 3.05) is 23.0 Å². The van der Waals surface area contributed by atoms with Crippen LogP contribution in [0, 0.1) is 0 Å². The van der Waals surface area contributed by atoms with E-state index in [9.17, 15) is 0 Å². The van der Waals surface area contributed by atoms with Crippen LogP contribution >= 0.6 is 23.5 Å². The van der Waals surface area contributed by atoms with Gasteiger partial charge in [-0.2, -0.15) is 28.6 Å². The van der Waals surface area contributed by atoms with Crippen molar-refractivity contribution in [1.29, 1.82) is 0 Å². The predicted molar refractivity (Wildman–Crippen MR) is 75.9 cm³/mol. The Balaban J connectivity index is 1.56. The van der Waals surface area contributed by atoms with E-state index in [1.165, 1.54) is 59.2 Å². The number of thioether (sulfide) groups is 2. The summed E-state index contributed by atoms with van der Waals surface area (Å²) in [5, 5.41) is 11.3. The minimum atomic E-state index is 0.654. The molecule has 3 nitrogen and oxygen atoms in total. The molecule has 0 amide bonds. The summed E-state index contributed by atoms with van der Waals surface area (Å²) in [5.74, 6) is 5.11. The molecule has 1 aromatic rings. The molecule has 1 saturated heterocycles. The minimum absolute atomic E-state index is 0.654. The lowest BCUT2D eigenvalue weighted by molar-refractivity contribution is 0.591. The third kappa shape index (κ3) is 2.83. The summed E-state index contributed by atoms with van der Waals surface area (Å²) in [6, 6.07) is 0.654. The number of rotatable bonds is 3. The van der Waals surface area contributed by atoms with Gasteiger partial charge in [0.1, 0.15) is 0 Å². The van der Waals surface area contributed by atoms with Crippen LogP contribution in [0.3, 0.4) is 0 Å². The number of aromatic amines is 1. The van der Waals surface area contributed by atoms with Gasteiger partial charge in [0.25, 0.3) is 0 Å². The highest BCUT2D eigenvalue weighted by atomic mass is 32.2. The molecule has 2 N–H and O–H groups in total. The van der Waals surface area contributed by atoms with E-state index in [1.54, 1.807) is 0 Å². The second kappa shape index (κ2) is 5.67. The van der Waals surface area contributed by atoms with Gasteiger partial charge in [0.05, 0.1) is 5.69 Å². The molecule has 5 heteroatoms. The Kier molecular flexibility index (Phi) is 3.98. The normalized spacial score (nSPS) is 21.4. The number of aryl methyl sites for hydroxylation is 1. The molecule has 0 saturated carbocycles. The van der Waals surface area contributed by atoms with E-state index in [0.29, 0.717) is 6.04 Å². The molecule has 17 heavy (non-hydrogen) atoms. The molecule has 0 atom stereocenters. The fourth-order valence-electron chi connectivity index (χ4n) is 2.51.